The number of rotatable bonds is 5. The third kappa shape index (κ3) is 3.16. The molecule has 110 valence electrons. The molecule has 2 rings (SSSR count). The highest BCUT2D eigenvalue weighted by Gasteiger charge is 2.25. The molecular formula is C13H21N5O2. The SMILES string of the molecule is CNC(=O)CN(C)c1cc(N2CCC[C@H]2CO)ncn1. The summed E-state index contributed by atoms with van der Waals surface area (Å²) in [5.41, 5.74) is 0. The smallest absolute Gasteiger partial charge is 0.239 e. The Hall–Kier alpha value is -1.89. The summed E-state index contributed by atoms with van der Waals surface area (Å²) < 4.78 is 0. The first kappa shape index (κ1) is 14.5. The number of nitrogens with zero attached hydrogens (tertiary/aromatic N) is 4. The molecule has 7 nitrogen and oxygen atoms in total. The van der Waals surface area contributed by atoms with Gasteiger partial charge in [0.15, 0.2) is 0 Å². The fraction of sp³-hybridized carbons (Fsp3) is 0.615. The second-order valence-electron chi connectivity index (χ2n) is 4.94. The molecule has 0 aliphatic carbocycles. The predicted octanol–water partition coefficient (Wildman–Crippen LogP) is -0.380. The summed E-state index contributed by atoms with van der Waals surface area (Å²) in [6, 6.07) is 1.98. The number of aromatic nitrogens is 2. The number of amides is 1. The van der Waals surface area contributed by atoms with Crippen molar-refractivity contribution in [3.05, 3.63) is 12.4 Å². The Morgan fingerprint density at radius 2 is 2.40 bits per heavy atom. The molecule has 0 unspecified atom stereocenters. The molecule has 20 heavy (non-hydrogen) atoms. The van der Waals surface area contributed by atoms with E-state index in [0.29, 0.717) is 5.82 Å². The van der Waals surface area contributed by atoms with Crippen molar-refractivity contribution in [3.8, 4) is 0 Å². The molecule has 1 aliphatic heterocycles. The van der Waals surface area contributed by atoms with Crippen LogP contribution < -0.4 is 15.1 Å². The van der Waals surface area contributed by atoms with E-state index in [0.717, 1.165) is 25.2 Å². The maximum absolute atomic E-state index is 11.4. The number of hydrogen-bond donors (Lipinski definition) is 2. The van der Waals surface area contributed by atoms with Gasteiger partial charge in [0.1, 0.15) is 18.0 Å². The van der Waals surface area contributed by atoms with Crippen molar-refractivity contribution in [3.63, 3.8) is 0 Å². The van der Waals surface area contributed by atoms with Gasteiger partial charge >= 0.3 is 0 Å². The average Bonchev–Trinajstić information content (AvgIpc) is 2.95. The van der Waals surface area contributed by atoms with E-state index in [1.165, 1.54) is 6.33 Å². The van der Waals surface area contributed by atoms with Crippen molar-refractivity contribution in [2.24, 2.45) is 0 Å². The summed E-state index contributed by atoms with van der Waals surface area (Å²) in [5, 5.41) is 12.0. The lowest BCUT2D eigenvalue weighted by atomic mass is 10.2. The van der Waals surface area contributed by atoms with Crippen molar-refractivity contribution < 1.29 is 9.90 Å². The fourth-order valence-corrected chi connectivity index (χ4v) is 2.41. The van der Waals surface area contributed by atoms with Gasteiger partial charge in [0, 0.05) is 26.7 Å². The van der Waals surface area contributed by atoms with Crippen molar-refractivity contribution in [1.82, 2.24) is 15.3 Å². The van der Waals surface area contributed by atoms with Gasteiger partial charge in [-0.15, -0.1) is 0 Å². The number of carbonyl (C=O) groups is 1. The van der Waals surface area contributed by atoms with Crippen LogP contribution in [0.4, 0.5) is 11.6 Å². The maximum atomic E-state index is 11.4. The van der Waals surface area contributed by atoms with Crippen molar-refractivity contribution in [1.29, 1.82) is 0 Å². The van der Waals surface area contributed by atoms with E-state index in [9.17, 15) is 9.90 Å². The first-order valence-corrected chi connectivity index (χ1v) is 6.77. The second-order valence-corrected chi connectivity index (χ2v) is 4.94. The van der Waals surface area contributed by atoms with Gasteiger partial charge in [-0.1, -0.05) is 0 Å². The average molecular weight is 279 g/mol. The fourth-order valence-electron chi connectivity index (χ4n) is 2.41. The number of anilines is 2. The number of aliphatic hydroxyl groups excluding tert-OH is 1. The number of hydrogen-bond acceptors (Lipinski definition) is 6. The molecule has 0 aromatic carbocycles. The molecule has 1 aromatic rings. The Morgan fingerprint density at radius 1 is 1.60 bits per heavy atom. The number of carbonyl (C=O) groups excluding carboxylic acids is 1. The first-order valence-electron chi connectivity index (χ1n) is 6.77. The molecule has 1 atom stereocenters. The molecule has 1 saturated heterocycles. The third-order valence-electron chi connectivity index (χ3n) is 3.57. The van der Waals surface area contributed by atoms with Crippen LogP contribution in [0.5, 0.6) is 0 Å². The minimum atomic E-state index is -0.0675. The van der Waals surface area contributed by atoms with Gasteiger partial charge in [-0.3, -0.25) is 4.79 Å². The van der Waals surface area contributed by atoms with Crippen LogP contribution in [0.2, 0.25) is 0 Å². The number of aliphatic hydroxyl groups is 1. The highest BCUT2D eigenvalue weighted by Crippen LogP contribution is 2.25. The summed E-state index contributed by atoms with van der Waals surface area (Å²) in [5.74, 6) is 1.43. The summed E-state index contributed by atoms with van der Waals surface area (Å²) in [6.07, 6.45) is 3.53. The number of nitrogens with one attached hydrogen (secondary N) is 1. The summed E-state index contributed by atoms with van der Waals surface area (Å²) in [7, 11) is 3.42. The minimum Gasteiger partial charge on any atom is -0.394 e. The van der Waals surface area contributed by atoms with Crippen LogP contribution in [0.1, 0.15) is 12.8 Å². The lowest BCUT2D eigenvalue weighted by Crippen LogP contribution is -2.35. The standard InChI is InChI=1S/C13H21N5O2/c1-14-13(20)7-17(2)11-6-12(16-9-15-11)18-5-3-4-10(18)8-19/h6,9-10,19H,3-5,7-8H2,1-2H3,(H,14,20)/t10-/m0/s1. The predicted molar refractivity (Wildman–Crippen MR) is 76.8 cm³/mol. The molecular weight excluding hydrogens is 258 g/mol. The highest BCUT2D eigenvalue weighted by molar-refractivity contribution is 5.80. The Morgan fingerprint density at radius 3 is 3.10 bits per heavy atom. The van der Waals surface area contributed by atoms with E-state index in [4.69, 9.17) is 0 Å². The molecule has 0 bridgehead atoms. The van der Waals surface area contributed by atoms with Crippen LogP contribution in [-0.2, 0) is 4.79 Å². The lowest BCUT2D eigenvalue weighted by molar-refractivity contribution is -0.119. The molecule has 2 N–H and O–H groups in total. The van der Waals surface area contributed by atoms with Crippen LogP contribution in [0.25, 0.3) is 0 Å². The Bertz CT molecular complexity index is 468. The summed E-state index contributed by atoms with van der Waals surface area (Å²) in [4.78, 5) is 23.7. The molecule has 0 radical (unpaired) electrons. The van der Waals surface area contributed by atoms with Gasteiger partial charge in [-0.2, -0.15) is 0 Å². The van der Waals surface area contributed by atoms with Gasteiger partial charge < -0.3 is 20.2 Å². The lowest BCUT2D eigenvalue weighted by Gasteiger charge is -2.25. The minimum absolute atomic E-state index is 0.0675. The normalized spacial score (nSPS) is 18.1. The van der Waals surface area contributed by atoms with Gasteiger partial charge in [0.05, 0.1) is 19.2 Å². The topological polar surface area (TPSA) is 81.6 Å². The van der Waals surface area contributed by atoms with Crippen molar-refractivity contribution in [2.45, 2.75) is 18.9 Å². The summed E-state index contributed by atoms with van der Waals surface area (Å²) in [6.45, 7) is 1.27. The van der Waals surface area contributed by atoms with Crippen LogP contribution in [0.3, 0.4) is 0 Å². The molecule has 0 saturated carbocycles. The van der Waals surface area contributed by atoms with Crippen LogP contribution in [0, 0.1) is 0 Å². The zero-order valence-corrected chi connectivity index (χ0v) is 11.9. The third-order valence-corrected chi connectivity index (χ3v) is 3.57. The van der Waals surface area contributed by atoms with E-state index < -0.39 is 0 Å². The maximum Gasteiger partial charge on any atom is 0.239 e. The van der Waals surface area contributed by atoms with Gasteiger partial charge in [0.2, 0.25) is 5.91 Å². The molecule has 2 heterocycles. The van der Waals surface area contributed by atoms with Crippen LogP contribution >= 0.6 is 0 Å². The van der Waals surface area contributed by atoms with Gasteiger partial charge in [0.25, 0.3) is 0 Å². The van der Waals surface area contributed by atoms with Gasteiger partial charge in [-0.25, -0.2) is 9.97 Å². The van der Waals surface area contributed by atoms with E-state index in [1.54, 1.807) is 11.9 Å². The Labute approximate surface area is 118 Å². The van der Waals surface area contributed by atoms with Crippen LogP contribution in [-0.4, -0.2) is 60.8 Å². The molecule has 1 aliphatic rings. The molecule has 1 amide bonds. The zero-order chi connectivity index (χ0) is 14.5. The molecule has 1 fully saturated rings. The van der Waals surface area contributed by atoms with E-state index in [2.05, 4.69) is 20.2 Å². The van der Waals surface area contributed by atoms with E-state index >= 15 is 0 Å². The number of likely N-dealkylation sites (N-methyl/N-ethyl adjacent to an activating group) is 2. The summed E-state index contributed by atoms with van der Waals surface area (Å²) >= 11 is 0. The monoisotopic (exact) mass is 279 g/mol. The Kier molecular flexibility index (Phi) is 4.73. The van der Waals surface area contributed by atoms with Gasteiger partial charge in [-0.05, 0) is 12.8 Å². The largest absolute Gasteiger partial charge is 0.394 e. The molecule has 0 spiro atoms. The first-order chi connectivity index (χ1) is 9.65. The highest BCUT2D eigenvalue weighted by atomic mass is 16.3. The van der Waals surface area contributed by atoms with Crippen molar-refractivity contribution >= 4 is 17.5 Å². The van der Waals surface area contributed by atoms with Crippen LogP contribution in [0.15, 0.2) is 12.4 Å². The molecule has 1 aromatic heterocycles. The second kappa shape index (κ2) is 6.51. The van der Waals surface area contributed by atoms with E-state index in [1.807, 2.05) is 13.1 Å². The molecule has 7 heteroatoms. The quantitative estimate of drug-likeness (QED) is 0.764. The van der Waals surface area contributed by atoms with Crippen molar-refractivity contribution in [2.75, 3.05) is 43.6 Å². The zero-order valence-electron chi connectivity index (χ0n) is 11.9. The van der Waals surface area contributed by atoms with E-state index in [-0.39, 0.29) is 25.1 Å². The Balaban J connectivity index is 2.13.